The van der Waals surface area contributed by atoms with Crippen molar-refractivity contribution < 1.29 is 28.6 Å². The van der Waals surface area contributed by atoms with Crippen LogP contribution in [0.4, 0.5) is 0 Å². The molecule has 77 heavy (non-hydrogen) atoms. The summed E-state index contributed by atoms with van der Waals surface area (Å²) in [7, 11) is 0. The second-order valence-electron chi connectivity index (χ2n) is 22.0. The molecular weight excluding hydrogens is 949 g/mol. The first kappa shape index (κ1) is 73.6. The van der Waals surface area contributed by atoms with Gasteiger partial charge >= 0.3 is 17.9 Å². The van der Waals surface area contributed by atoms with E-state index in [0.717, 1.165) is 109 Å². The van der Waals surface area contributed by atoms with Gasteiger partial charge in [0.05, 0.1) is 0 Å². The Balaban J connectivity index is 4.30. The normalized spacial score (nSPS) is 12.6. The van der Waals surface area contributed by atoms with E-state index in [1.54, 1.807) is 0 Å². The topological polar surface area (TPSA) is 78.9 Å². The minimum absolute atomic E-state index is 0.0842. The molecule has 444 valence electrons. The van der Waals surface area contributed by atoms with Crippen LogP contribution in [0.25, 0.3) is 0 Å². The molecule has 0 heterocycles. The fourth-order valence-corrected chi connectivity index (χ4v) is 9.44. The van der Waals surface area contributed by atoms with Crippen LogP contribution in [0.3, 0.4) is 0 Å². The molecule has 0 aliphatic heterocycles. The molecule has 6 heteroatoms. The Bertz CT molecular complexity index is 1470. The number of allylic oxidation sites excluding steroid dienone is 14. The summed E-state index contributed by atoms with van der Waals surface area (Å²) in [5, 5.41) is 0. The third-order valence-electron chi connectivity index (χ3n) is 14.4. The average molecular weight is 1070 g/mol. The van der Waals surface area contributed by atoms with Crippen molar-refractivity contribution in [3.63, 3.8) is 0 Å². The van der Waals surface area contributed by atoms with Gasteiger partial charge in [-0.1, -0.05) is 298 Å². The molecule has 0 aliphatic rings. The van der Waals surface area contributed by atoms with E-state index in [2.05, 4.69) is 106 Å². The monoisotopic (exact) mass is 1070 g/mol. The van der Waals surface area contributed by atoms with Gasteiger partial charge in [-0.25, -0.2) is 0 Å². The summed E-state index contributed by atoms with van der Waals surface area (Å²) in [6, 6.07) is 0. The van der Waals surface area contributed by atoms with Crippen LogP contribution in [0.5, 0.6) is 0 Å². The summed E-state index contributed by atoms with van der Waals surface area (Å²) >= 11 is 0. The van der Waals surface area contributed by atoms with Crippen molar-refractivity contribution in [1.29, 1.82) is 0 Å². The van der Waals surface area contributed by atoms with E-state index < -0.39 is 6.10 Å². The van der Waals surface area contributed by atoms with Gasteiger partial charge in [0.1, 0.15) is 13.2 Å². The molecule has 0 aromatic rings. The molecule has 1 atom stereocenters. The van der Waals surface area contributed by atoms with Crippen LogP contribution in [-0.4, -0.2) is 37.2 Å². The predicted molar refractivity (Wildman–Crippen MR) is 334 cm³/mol. The van der Waals surface area contributed by atoms with Crippen LogP contribution in [0.1, 0.15) is 329 Å². The number of esters is 3. The molecule has 6 nitrogen and oxygen atoms in total. The van der Waals surface area contributed by atoms with Crippen molar-refractivity contribution in [1.82, 2.24) is 0 Å². The third-order valence-corrected chi connectivity index (χ3v) is 14.4. The second-order valence-corrected chi connectivity index (χ2v) is 22.0. The third kappa shape index (κ3) is 63.3. The van der Waals surface area contributed by atoms with Crippen LogP contribution in [-0.2, 0) is 28.6 Å². The smallest absolute Gasteiger partial charge is 0.306 e. The van der Waals surface area contributed by atoms with Crippen molar-refractivity contribution >= 4 is 17.9 Å². The number of hydrogen-bond acceptors (Lipinski definition) is 6. The SMILES string of the molecule is CC/C=C\C/C=C\C/C=C\C/C=C\C/C=C\C/C=C\CCCCCCC(=O)OC(COC(=O)CCCCCCCCCCCCC)COC(=O)CCCCCCCCCCCCCCC/C=C\CCCCCCCCCC. The van der Waals surface area contributed by atoms with Crippen molar-refractivity contribution in [3.8, 4) is 0 Å². The van der Waals surface area contributed by atoms with Crippen LogP contribution >= 0.6 is 0 Å². The Morgan fingerprint density at radius 3 is 0.805 bits per heavy atom. The molecule has 0 amide bonds. The zero-order valence-corrected chi connectivity index (χ0v) is 51.0. The van der Waals surface area contributed by atoms with E-state index >= 15 is 0 Å². The zero-order chi connectivity index (χ0) is 55.7. The summed E-state index contributed by atoms with van der Waals surface area (Å²) < 4.78 is 16.9. The van der Waals surface area contributed by atoms with Gasteiger partial charge in [0.25, 0.3) is 0 Å². The van der Waals surface area contributed by atoms with E-state index in [-0.39, 0.29) is 31.1 Å². The fourth-order valence-electron chi connectivity index (χ4n) is 9.44. The molecule has 0 aromatic heterocycles. The van der Waals surface area contributed by atoms with Gasteiger partial charge < -0.3 is 14.2 Å². The molecule has 0 spiro atoms. The number of carbonyl (C=O) groups excluding carboxylic acids is 3. The van der Waals surface area contributed by atoms with Crippen LogP contribution in [0, 0.1) is 0 Å². The highest BCUT2D eigenvalue weighted by Gasteiger charge is 2.19. The summed E-state index contributed by atoms with van der Waals surface area (Å²) in [4.78, 5) is 38.3. The minimum Gasteiger partial charge on any atom is -0.462 e. The molecular formula is C71H124O6. The summed E-state index contributed by atoms with van der Waals surface area (Å²) in [6.07, 6.45) is 86.0. The van der Waals surface area contributed by atoms with Gasteiger partial charge in [-0.3, -0.25) is 14.4 Å². The molecule has 0 saturated carbocycles. The van der Waals surface area contributed by atoms with Crippen LogP contribution in [0.15, 0.2) is 85.1 Å². The first-order chi connectivity index (χ1) is 38.0. The van der Waals surface area contributed by atoms with E-state index in [1.165, 1.54) is 180 Å². The highest BCUT2D eigenvalue weighted by Crippen LogP contribution is 2.17. The van der Waals surface area contributed by atoms with Gasteiger partial charge in [0, 0.05) is 19.3 Å². The highest BCUT2D eigenvalue weighted by molar-refractivity contribution is 5.71. The van der Waals surface area contributed by atoms with Gasteiger partial charge in [0.15, 0.2) is 6.10 Å². The maximum absolute atomic E-state index is 12.9. The lowest BCUT2D eigenvalue weighted by Gasteiger charge is -2.18. The Kier molecular flexibility index (Phi) is 62.2. The number of rotatable bonds is 60. The molecule has 0 rings (SSSR count). The molecule has 0 radical (unpaired) electrons. The maximum Gasteiger partial charge on any atom is 0.306 e. The molecule has 0 N–H and O–H groups in total. The van der Waals surface area contributed by atoms with Crippen molar-refractivity contribution in [2.45, 2.75) is 335 Å². The lowest BCUT2D eigenvalue weighted by molar-refractivity contribution is -0.167. The maximum atomic E-state index is 12.9. The Morgan fingerprint density at radius 2 is 0.506 bits per heavy atom. The lowest BCUT2D eigenvalue weighted by Crippen LogP contribution is -2.30. The van der Waals surface area contributed by atoms with Gasteiger partial charge in [-0.05, 0) is 96.3 Å². The summed E-state index contributed by atoms with van der Waals surface area (Å²) in [5.74, 6) is -0.896. The summed E-state index contributed by atoms with van der Waals surface area (Å²) in [5.41, 5.74) is 0. The first-order valence-corrected chi connectivity index (χ1v) is 33.1. The molecule has 0 fully saturated rings. The van der Waals surface area contributed by atoms with Gasteiger partial charge in [-0.2, -0.15) is 0 Å². The molecule has 0 aromatic carbocycles. The minimum atomic E-state index is -0.790. The molecule has 0 aliphatic carbocycles. The van der Waals surface area contributed by atoms with Gasteiger partial charge in [0.2, 0.25) is 0 Å². The van der Waals surface area contributed by atoms with Crippen LogP contribution in [0.2, 0.25) is 0 Å². The zero-order valence-electron chi connectivity index (χ0n) is 51.0. The van der Waals surface area contributed by atoms with Crippen molar-refractivity contribution in [3.05, 3.63) is 85.1 Å². The largest absolute Gasteiger partial charge is 0.462 e. The Morgan fingerprint density at radius 1 is 0.273 bits per heavy atom. The highest BCUT2D eigenvalue weighted by atomic mass is 16.6. The van der Waals surface area contributed by atoms with Gasteiger partial charge in [-0.15, -0.1) is 0 Å². The number of carbonyl (C=O) groups is 3. The molecule has 0 saturated heterocycles. The van der Waals surface area contributed by atoms with E-state index in [0.29, 0.717) is 19.3 Å². The second kappa shape index (κ2) is 65.1. The van der Waals surface area contributed by atoms with E-state index in [9.17, 15) is 14.4 Å². The number of ether oxygens (including phenoxy) is 3. The fraction of sp³-hybridized carbons (Fsp3) is 0.761. The van der Waals surface area contributed by atoms with Crippen LogP contribution < -0.4 is 0 Å². The molecule has 0 bridgehead atoms. The number of unbranched alkanes of at least 4 members (excludes halogenated alkanes) is 35. The van der Waals surface area contributed by atoms with E-state index in [1.807, 2.05) is 0 Å². The Hall–Kier alpha value is -3.41. The average Bonchev–Trinajstić information content (AvgIpc) is 3.43. The number of hydrogen-bond donors (Lipinski definition) is 0. The predicted octanol–water partition coefficient (Wildman–Crippen LogP) is 22.7. The van der Waals surface area contributed by atoms with Crippen molar-refractivity contribution in [2.24, 2.45) is 0 Å². The lowest BCUT2D eigenvalue weighted by atomic mass is 10.0. The molecule has 1 unspecified atom stereocenters. The first-order valence-electron chi connectivity index (χ1n) is 33.1. The standard InChI is InChI=1S/C71H124O6/c1-4-7-10-13-16-19-22-24-26-28-30-32-34-35-37-38-40-42-44-46-49-52-55-58-61-64-70(73)76-67-68(66-75-69(72)63-60-57-54-51-48-21-18-15-12-9-6-3)77-71(74)65-62-59-56-53-50-47-45-43-41-39-36-33-31-29-27-25-23-20-17-14-11-8-5-2/h8,11,17,20,25,27-28,30-31,33,39,41,45,47,68H,4-7,9-10,12-16,18-19,21-24,26,29,32,34-38,40,42-44,46,48-67H2,1-3H3/b11-8-,20-17-,27-25-,30-28-,33-31-,41-39-,47-45-. The quantitative estimate of drug-likeness (QED) is 0.0261. The summed E-state index contributed by atoms with van der Waals surface area (Å²) in [6.45, 7) is 6.53. The Labute approximate surface area is 477 Å². The van der Waals surface area contributed by atoms with Crippen molar-refractivity contribution in [2.75, 3.05) is 13.2 Å². The van der Waals surface area contributed by atoms with E-state index in [4.69, 9.17) is 14.2 Å².